The lowest BCUT2D eigenvalue weighted by atomic mass is 9.94. The summed E-state index contributed by atoms with van der Waals surface area (Å²) in [6.07, 6.45) is -6.64. The largest absolute Gasteiger partial charge is 0.462 e. The molecule has 0 aliphatic carbocycles. The van der Waals surface area contributed by atoms with E-state index in [0.29, 0.717) is 0 Å². The van der Waals surface area contributed by atoms with Crippen LogP contribution in [-0.2, 0) is 42.8 Å². The molecule has 1 unspecified atom stereocenters. The molecular weight excluding hydrogens is 340 g/mol. The van der Waals surface area contributed by atoms with Gasteiger partial charge in [-0.3, -0.25) is 14.4 Å². The predicted octanol–water partition coefficient (Wildman–Crippen LogP) is -0.840. The molecule has 144 valence electrons. The van der Waals surface area contributed by atoms with E-state index in [1.807, 2.05) is 0 Å². The Morgan fingerprint density at radius 1 is 0.960 bits per heavy atom. The van der Waals surface area contributed by atoms with Gasteiger partial charge in [-0.2, -0.15) is 0 Å². The van der Waals surface area contributed by atoms with Gasteiger partial charge in [0.15, 0.2) is 18.5 Å². The van der Waals surface area contributed by atoms with Gasteiger partial charge < -0.3 is 33.5 Å². The Morgan fingerprint density at radius 2 is 1.56 bits per heavy atom. The van der Waals surface area contributed by atoms with Crippen LogP contribution in [0.5, 0.6) is 0 Å². The first-order valence-corrected chi connectivity index (χ1v) is 7.58. The zero-order chi connectivity index (χ0) is 19.1. The summed E-state index contributed by atoms with van der Waals surface area (Å²) in [5, 5.41) is 10.2. The molecule has 0 aromatic heterocycles. The van der Waals surface area contributed by atoms with Crippen LogP contribution in [-0.4, -0.2) is 80.7 Å². The monoisotopic (exact) mass is 364 g/mol. The van der Waals surface area contributed by atoms with Crippen molar-refractivity contribution >= 4 is 17.9 Å². The van der Waals surface area contributed by atoms with Gasteiger partial charge in [0.05, 0.1) is 0 Å². The third kappa shape index (κ3) is 5.92. The third-order valence-corrected chi connectivity index (χ3v) is 3.53. The zero-order valence-electron chi connectivity index (χ0n) is 14.8. The Bertz CT molecular complexity index is 479. The molecule has 1 saturated heterocycles. The molecule has 1 fully saturated rings. The van der Waals surface area contributed by atoms with E-state index in [9.17, 15) is 19.5 Å². The van der Waals surface area contributed by atoms with Crippen molar-refractivity contribution in [3.63, 3.8) is 0 Å². The molecule has 1 heterocycles. The molecule has 0 bridgehead atoms. The fraction of sp³-hybridized carbons (Fsp3) is 0.800. The molecule has 25 heavy (non-hydrogen) atoms. The van der Waals surface area contributed by atoms with Crippen molar-refractivity contribution in [1.29, 1.82) is 0 Å². The Morgan fingerprint density at radius 3 is 2.00 bits per heavy atom. The summed E-state index contributed by atoms with van der Waals surface area (Å²) in [6.45, 7) is 3.23. The van der Waals surface area contributed by atoms with Crippen LogP contribution in [0.25, 0.3) is 0 Å². The van der Waals surface area contributed by atoms with E-state index in [1.165, 1.54) is 35.0 Å². The lowest BCUT2D eigenvalue weighted by Crippen LogP contribution is -2.63. The van der Waals surface area contributed by atoms with Crippen LogP contribution < -0.4 is 0 Å². The lowest BCUT2D eigenvalue weighted by molar-refractivity contribution is -0.309. The highest BCUT2D eigenvalue weighted by atomic mass is 16.7. The van der Waals surface area contributed by atoms with Crippen molar-refractivity contribution in [3.05, 3.63) is 0 Å². The molecule has 0 spiro atoms. The van der Waals surface area contributed by atoms with E-state index in [0.717, 1.165) is 0 Å². The molecule has 0 radical (unpaired) electrons. The highest BCUT2D eigenvalue weighted by molar-refractivity contribution is 5.67. The topological polar surface area (TPSA) is 127 Å². The molecule has 10 nitrogen and oxygen atoms in total. The van der Waals surface area contributed by atoms with Gasteiger partial charge in [-0.15, -0.1) is 0 Å². The first-order chi connectivity index (χ1) is 11.7. The molecule has 0 aromatic rings. The Balaban J connectivity index is 3.11. The number of esters is 3. The maximum Gasteiger partial charge on any atom is 0.303 e. The van der Waals surface area contributed by atoms with Crippen LogP contribution in [0.4, 0.5) is 0 Å². The minimum atomic E-state index is -1.49. The lowest BCUT2D eigenvalue weighted by Gasteiger charge is -2.44. The van der Waals surface area contributed by atoms with Gasteiger partial charge in [-0.25, -0.2) is 0 Å². The summed E-state index contributed by atoms with van der Waals surface area (Å²) in [5.74, 6) is -1.86. The first kappa shape index (κ1) is 21.3. The Hall–Kier alpha value is -1.75. The second-order valence-corrected chi connectivity index (χ2v) is 5.42. The SMILES string of the molecule is CO[C@@H]1[C@@H]([C@@H](COC(C)=O)OC(C)=O)OC(O)[C@H](OC)[C@H]1OC(C)=O. The predicted molar refractivity (Wildman–Crippen MR) is 80.2 cm³/mol. The fourth-order valence-corrected chi connectivity index (χ4v) is 2.60. The number of hydrogen-bond acceptors (Lipinski definition) is 10. The van der Waals surface area contributed by atoms with Crippen molar-refractivity contribution < 1.29 is 47.9 Å². The van der Waals surface area contributed by atoms with E-state index in [4.69, 9.17) is 28.4 Å². The minimum absolute atomic E-state index is 0.323. The Kier molecular flexibility index (Phi) is 8.23. The number of aliphatic hydroxyl groups excluding tert-OH is 1. The van der Waals surface area contributed by atoms with E-state index < -0.39 is 54.7 Å². The van der Waals surface area contributed by atoms with E-state index in [1.54, 1.807) is 0 Å². The maximum absolute atomic E-state index is 11.4. The van der Waals surface area contributed by atoms with Crippen molar-refractivity contribution in [3.8, 4) is 0 Å². The number of carbonyl (C=O) groups is 3. The number of hydrogen-bond donors (Lipinski definition) is 1. The molecular formula is C15H24O10. The van der Waals surface area contributed by atoms with E-state index >= 15 is 0 Å². The van der Waals surface area contributed by atoms with Crippen LogP contribution in [0, 0.1) is 0 Å². The molecule has 0 aromatic carbocycles. The molecule has 1 aliphatic rings. The maximum atomic E-state index is 11.4. The summed E-state index contributed by atoms with van der Waals surface area (Å²) in [6, 6.07) is 0. The van der Waals surface area contributed by atoms with Gasteiger partial charge in [-0.1, -0.05) is 0 Å². The molecule has 10 heteroatoms. The summed E-state index contributed by atoms with van der Waals surface area (Å²) < 4.78 is 31.1. The van der Waals surface area contributed by atoms with E-state index in [2.05, 4.69) is 0 Å². The minimum Gasteiger partial charge on any atom is -0.462 e. The van der Waals surface area contributed by atoms with Gasteiger partial charge in [-0.05, 0) is 0 Å². The van der Waals surface area contributed by atoms with E-state index in [-0.39, 0.29) is 6.61 Å². The normalized spacial score (nSPS) is 30.2. The zero-order valence-corrected chi connectivity index (χ0v) is 14.8. The molecule has 1 rings (SSSR count). The molecule has 1 N–H and O–H groups in total. The van der Waals surface area contributed by atoms with Gasteiger partial charge >= 0.3 is 17.9 Å². The van der Waals surface area contributed by atoms with Gasteiger partial charge in [0, 0.05) is 35.0 Å². The van der Waals surface area contributed by atoms with Gasteiger partial charge in [0.2, 0.25) is 0 Å². The number of aliphatic hydroxyl groups is 1. The number of methoxy groups -OCH3 is 2. The Labute approximate surface area is 145 Å². The second-order valence-electron chi connectivity index (χ2n) is 5.42. The van der Waals surface area contributed by atoms with Crippen LogP contribution in [0.15, 0.2) is 0 Å². The summed E-state index contributed by atoms with van der Waals surface area (Å²) in [4.78, 5) is 33.8. The van der Waals surface area contributed by atoms with Gasteiger partial charge in [0.1, 0.15) is 24.9 Å². The second kappa shape index (κ2) is 9.66. The fourth-order valence-electron chi connectivity index (χ4n) is 2.60. The van der Waals surface area contributed by atoms with Gasteiger partial charge in [0.25, 0.3) is 0 Å². The summed E-state index contributed by atoms with van der Waals surface area (Å²) >= 11 is 0. The number of carbonyl (C=O) groups excluding carboxylic acids is 3. The summed E-state index contributed by atoms with van der Waals surface area (Å²) in [7, 11) is 2.64. The smallest absolute Gasteiger partial charge is 0.303 e. The van der Waals surface area contributed by atoms with Crippen LogP contribution in [0.3, 0.4) is 0 Å². The van der Waals surface area contributed by atoms with Crippen LogP contribution >= 0.6 is 0 Å². The number of rotatable bonds is 7. The molecule has 6 atom stereocenters. The average Bonchev–Trinajstić information content (AvgIpc) is 2.50. The van der Waals surface area contributed by atoms with Crippen molar-refractivity contribution in [2.75, 3.05) is 20.8 Å². The average molecular weight is 364 g/mol. The van der Waals surface area contributed by atoms with Crippen molar-refractivity contribution in [1.82, 2.24) is 0 Å². The van der Waals surface area contributed by atoms with Crippen LogP contribution in [0.2, 0.25) is 0 Å². The molecule has 0 saturated carbocycles. The van der Waals surface area contributed by atoms with Crippen LogP contribution in [0.1, 0.15) is 20.8 Å². The standard InChI is InChI=1S/C15H24O10/c1-7(16)22-6-10(23-8(2)17)11-12(20-4)13(24-9(3)18)14(21-5)15(19)25-11/h10-15,19H,6H2,1-5H3/t10-,11-,12-,13+,14-,15?/m1/s1. The van der Waals surface area contributed by atoms with Crippen molar-refractivity contribution in [2.45, 2.75) is 57.6 Å². The number of ether oxygens (including phenoxy) is 6. The summed E-state index contributed by atoms with van der Waals surface area (Å²) in [5.41, 5.74) is 0. The quantitative estimate of drug-likeness (QED) is 0.451. The first-order valence-electron chi connectivity index (χ1n) is 7.58. The molecule has 0 amide bonds. The molecule has 1 aliphatic heterocycles. The highest BCUT2D eigenvalue weighted by Crippen LogP contribution is 2.29. The third-order valence-electron chi connectivity index (χ3n) is 3.53. The highest BCUT2D eigenvalue weighted by Gasteiger charge is 2.51. The van der Waals surface area contributed by atoms with Crippen molar-refractivity contribution in [2.24, 2.45) is 0 Å².